The van der Waals surface area contributed by atoms with Gasteiger partial charge in [-0.15, -0.1) is 0 Å². The molecule has 0 nitrogen and oxygen atoms in total. The summed E-state index contributed by atoms with van der Waals surface area (Å²) in [4.78, 5) is 0. The molecule has 0 radical (unpaired) electrons. The van der Waals surface area contributed by atoms with Gasteiger partial charge in [0, 0.05) is 4.47 Å². The standard InChI is InChI=1S/C13H15Br/c1-2-3-5-12-8-10-6-4-7-11(10)9-13(12)14/h4,7-9H,2-3,5-6H2,1H3. The highest BCUT2D eigenvalue weighted by atomic mass is 79.9. The van der Waals surface area contributed by atoms with Crippen molar-refractivity contribution in [3.63, 3.8) is 0 Å². The fourth-order valence-corrected chi connectivity index (χ4v) is 2.45. The van der Waals surface area contributed by atoms with E-state index in [1.807, 2.05) is 0 Å². The normalized spacial score (nSPS) is 13.3. The fraction of sp³-hybridized carbons (Fsp3) is 0.385. The topological polar surface area (TPSA) is 0 Å². The Morgan fingerprint density at radius 2 is 2.21 bits per heavy atom. The largest absolute Gasteiger partial charge is 0.0795 e. The first-order valence-corrected chi connectivity index (χ1v) is 6.08. The monoisotopic (exact) mass is 250 g/mol. The molecule has 1 heteroatoms. The Bertz CT molecular complexity index is 364. The minimum atomic E-state index is 1.11. The van der Waals surface area contributed by atoms with E-state index in [-0.39, 0.29) is 0 Å². The first kappa shape index (κ1) is 9.97. The first-order valence-electron chi connectivity index (χ1n) is 5.29. The molecule has 0 aromatic heterocycles. The summed E-state index contributed by atoms with van der Waals surface area (Å²) in [6.45, 7) is 2.24. The average molecular weight is 251 g/mol. The Kier molecular flexibility index (Phi) is 3.07. The van der Waals surface area contributed by atoms with E-state index >= 15 is 0 Å². The van der Waals surface area contributed by atoms with Crippen molar-refractivity contribution in [1.29, 1.82) is 0 Å². The molecule has 0 atom stereocenters. The van der Waals surface area contributed by atoms with Crippen molar-refractivity contribution in [3.8, 4) is 0 Å². The van der Waals surface area contributed by atoms with Crippen molar-refractivity contribution in [3.05, 3.63) is 39.4 Å². The molecule has 0 aliphatic heterocycles. The van der Waals surface area contributed by atoms with Gasteiger partial charge < -0.3 is 0 Å². The van der Waals surface area contributed by atoms with Crippen LogP contribution < -0.4 is 0 Å². The summed E-state index contributed by atoms with van der Waals surface area (Å²) < 4.78 is 1.27. The molecule has 0 bridgehead atoms. The lowest BCUT2D eigenvalue weighted by Gasteiger charge is -2.07. The van der Waals surface area contributed by atoms with Crippen LogP contribution in [-0.4, -0.2) is 0 Å². The average Bonchev–Trinajstić information content (AvgIpc) is 2.61. The third kappa shape index (κ3) is 1.93. The summed E-state index contributed by atoms with van der Waals surface area (Å²) in [5, 5.41) is 0. The van der Waals surface area contributed by atoms with Crippen molar-refractivity contribution in [2.24, 2.45) is 0 Å². The van der Waals surface area contributed by atoms with Gasteiger partial charge in [0.15, 0.2) is 0 Å². The second-order valence-electron chi connectivity index (χ2n) is 3.85. The number of halogens is 1. The summed E-state index contributed by atoms with van der Waals surface area (Å²) >= 11 is 3.65. The number of aryl methyl sites for hydroxylation is 1. The highest BCUT2D eigenvalue weighted by Crippen LogP contribution is 2.28. The van der Waals surface area contributed by atoms with E-state index in [0.29, 0.717) is 0 Å². The Morgan fingerprint density at radius 3 is 3.00 bits per heavy atom. The Morgan fingerprint density at radius 1 is 1.36 bits per heavy atom. The van der Waals surface area contributed by atoms with Crippen LogP contribution >= 0.6 is 15.9 Å². The number of hydrogen-bond donors (Lipinski definition) is 0. The van der Waals surface area contributed by atoms with Gasteiger partial charge in [0.2, 0.25) is 0 Å². The van der Waals surface area contributed by atoms with Crippen molar-refractivity contribution in [2.75, 3.05) is 0 Å². The van der Waals surface area contributed by atoms with E-state index in [9.17, 15) is 0 Å². The maximum atomic E-state index is 3.65. The first-order chi connectivity index (χ1) is 6.81. The van der Waals surface area contributed by atoms with Gasteiger partial charge >= 0.3 is 0 Å². The van der Waals surface area contributed by atoms with Gasteiger partial charge in [-0.05, 0) is 42.0 Å². The van der Waals surface area contributed by atoms with Crippen LogP contribution in [0.2, 0.25) is 0 Å². The molecule has 0 spiro atoms. The Balaban J connectivity index is 2.26. The van der Waals surface area contributed by atoms with Crippen molar-refractivity contribution >= 4 is 22.0 Å². The number of allylic oxidation sites excluding steroid dienone is 1. The zero-order chi connectivity index (χ0) is 9.97. The highest BCUT2D eigenvalue weighted by Gasteiger charge is 2.08. The second-order valence-corrected chi connectivity index (χ2v) is 4.71. The number of benzene rings is 1. The van der Waals surface area contributed by atoms with Crippen LogP contribution in [0.25, 0.3) is 6.08 Å². The smallest absolute Gasteiger partial charge is 0.0213 e. The van der Waals surface area contributed by atoms with E-state index in [4.69, 9.17) is 0 Å². The number of fused-ring (bicyclic) bond motifs is 1. The summed E-state index contributed by atoms with van der Waals surface area (Å²) in [6.07, 6.45) is 9.31. The number of rotatable bonds is 3. The quantitative estimate of drug-likeness (QED) is 0.748. The predicted molar refractivity (Wildman–Crippen MR) is 65.5 cm³/mol. The molecule has 0 fully saturated rings. The lowest BCUT2D eigenvalue weighted by Crippen LogP contribution is -1.91. The molecule has 0 saturated heterocycles. The zero-order valence-electron chi connectivity index (χ0n) is 8.52. The van der Waals surface area contributed by atoms with Gasteiger partial charge in [-0.2, -0.15) is 0 Å². The third-order valence-electron chi connectivity index (χ3n) is 2.74. The maximum Gasteiger partial charge on any atom is 0.0213 e. The summed E-state index contributed by atoms with van der Waals surface area (Å²) in [6, 6.07) is 4.61. The molecule has 14 heavy (non-hydrogen) atoms. The molecule has 1 aliphatic carbocycles. The molecule has 1 aliphatic rings. The minimum absolute atomic E-state index is 1.11. The van der Waals surface area contributed by atoms with Gasteiger partial charge in [0.25, 0.3) is 0 Å². The van der Waals surface area contributed by atoms with E-state index < -0.39 is 0 Å². The van der Waals surface area contributed by atoms with Crippen LogP contribution in [0.1, 0.15) is 36.5 Å². The highest BCUT2D eigenvalue weighted by molar-refractivity contribution is 9.10. The van der Waals surface area contributed by atoms with E-state index in [2.05, 4.69) is 47.1 Å². The van der Waals surface area contributed by atoms with Crippen LogP contribution in [0.15, 0.2) is 22.7 Å². The van der Waals surface area contributed by atoms with Gasteiger partial charge in [-0.3, -0.25) is 0 Å². The van der Waals surface area contributed by atoms with Crippen LogP contribution in [0.3, 0.4) is 0 Å². The molecule has 0 saturated carbocycles. The molecule has 74 valence electrons. The van der Waals surface area contributed by atoms with Crippen molar-refractivity contribution in [1.82, 2.24) is 0 Å². The summed E-state index contributed by atoms with van der Waals surface area (Å²) in [5.41, 5.74) is 4.34. The van der Waals surface area contributed by atoms with Crippen LogP contribution in [0, 0.1) is 0 Å². The van der Waals surface area contributed by atoms with Crippen LogP contribution in [0.4, 0.5) is 0 Å². The fourth-order valence-electron chi connectivity index (χ4n) is 1.89. The second kappa shape index (κ2) is 4.31. The van der Waals surface area contributed by atoms with Gasteiger partial charge in [-0.25, -0.2) is 0 Å². The summed E-state index contributed by atoms with van der Waals surface area (Å²) in [7, 11) is 0. The van der Waals surface area contributed by atoms with Crippen molar-refractivity contribution < 1.29 is 0 Å². The van der Waals surface area contributed by atoms with E-state index in [1.165, 1.54) is 40.4 Å². The van der Waals surface area contributed by atoms with Gasteiger partial charge in [-0.1, -0.05) is 47.5 Å². The zero-order valence-corrected chi connectivity index (χ0v) is 10.1. The molecular formula is C13H15Br. The van der Waals surface area contributed by atoms with E-state index in [0.717, 1.165) is 6.42 Å². The Hall–Kier alpha value is -0.560. The van der Waals surface area contributed by atoms with Gasteiger partial charge in [0.1, 0.15) is 0 Å². The third-order valence-corrected chi connectivity index (χ3v) is 3.48. The molecule has 0 unspecified atom stereocenters. The lowest BCUT2D eigenvalue weighted by molar-refractivity contribution is 0.792. The molecule has 1 aromatic carbocycles. The molecule has 2 rings (SSSR count). The molecule has 0 amide bonds. The maximum absolute atomic E-state index is 3.65. The van der Waals surface area contributed by atoms with Crippen LogP contribution in [0.5, 0.6) is 0 Å². The molecule has 0 N–H and O–H groups in total. The number of hydrogen-bond acceptors (Lipinski definition) is 0. The summed E-state index contributed by atoms with van der Waals surface area (Å²) in [5.74, 6) is 0. The molecular weight excluding hydrogens is 236 g/mol. The van der Waals surface area contributed by atoms with Crippen molar-refractivity contribution in [2.45, 2.75) is 32.6 Å². The lowest BCUT2D eigenvalue weighted by atomic mass is 10.0. The minimum Gasteiger partial charge on any atom is -0.0795 e. The van der Waals surface area contributed by atoms with E-state index in [1.54, 1.807) is 0 Å². The number of unbranched alkanes of at least 4 members (excludes halogenated alkanes) is 1. The predicted octanol–water partition coefficient (Wildman–Crippen LogP) is 4.36. The molecule has 1 aromatic rings. The Labute approximate surface area is 94.2 Å². The SMILES string of the molecule is CCCCc1cc2c(cc1Br)C=CC2. The van der Waals surface area contributed by atoms with Crippen LogP contribution in [-0.2, 0) is 12.8 Å². The van der Waals surface area contributed by atoms with Gasteiger partial charge in [0.05, 0.1) is 0 Å². The molecule has 0 heterocycles.